The molecule has 0 aliphatic carbocycles. The second kappa shape index (κ2) is 8.16. The van der Waals surface area contributed by atoms with E-state index < -0.39 is 12.0 Å². The van der Waals surface area contributed by atoms with Crippen molar-refractivity contribution in [3.63, 3.8) is 0 Å². The Kier molecular flexibility index (Phi) is 5.86. The molecule has 2 unspecified atom stereocenters. The molecule has 1 fully saturated rings. The molecule has 0 bridgehead atoms. The lowest BCUT2D eigenvalue weighted by Crippen LogP contribution is -2.50. The molecule has 2 aromatic rings. The number of ether oxygens (including phenoxy) is 1. The van der Waals surface area contributed by atoms with Crippen LogP contribution in [0.1, 0.15) is 51.9 Å². The van der Waals surface area contributed by atoms with Gasteiger partial charge in [-0.05, 0) is 32.3 Å². The monoisotopic (exact) mass is 387 g/mol. The van der Waals surface area contributed by atoms with Gasteiger partial charge in [-0.3, -0.25) is 4.98 Å². The fourth-order valence-corrected chi connectivity index (χ4v) is 3.79. The first-order chi connectivity index (χ1) is 13.3. The number of nitrogens with one attached hydrogen (secondary N) is 1. The Morgan fingerprint density at radius 3 is 2.68 bits per heavy atom. The molecule has 3 heterocycles. The first-order valence-corrected chi connectivity index (χ1v) is 9.78. The Hall–Kier alpha value is -2.64. The van der Waals surface area contributed by atoms with E-state index in [1.54, 1.807) is 11.1 Å². The summed E-state index contributed by atoms with van der Waals surface area (Å²) in [4.78, 5) is 35.5. The van der Waals surface area contributed by atoms with Gasteiger partial charge in [0.2, 0.25) is 0 Å². The number of pyridine rings is 1. The summed E-state index contributed by atoms with van der Waals surface area (Å²) in [5, 5.41) is 2.82. The van der Waals surface area contributed by atoms with Crippen molar-refractivity contribution in [2.75, 3.05) is 20.2 Å². The highest BCUT2D eigenvalue weighted by molar-refractivity contribution is 5.84. The summed E-state index contributed by atoms with van der Waals surface area (Å²) in [6.45, 7) is 9.21. The Morgan fingerprint density at radius 2 is 2.04 bits per heavy atom. The van der Waals surface area contributed by atoms with Gasteiger partial charge in [0.05, 0.1) is 24.3 Å². The predicted octanol–water partition coefficient (Wildman–Crippen LogP) is 2.71. The number of fused-ring (bicyclic) bond motifs is 1. The summed E-state index contributed by atoms with van der Waals surface area (Å²) < 4.78 is 7.02. The van der Waals surface area contributed by atoms with E-state index in [4.69, 9.17) is 9.72 Å². The largest absolute Gasteiger partial charge is 0.467 e. The highest BCUT2D eigenvalue weighted by Gasteiger charge is 2.34. The summed E-state index contributed by atoms with van der Waals surface area (Å²) in [7, 11) is 1.33. The van der Waals surface area contributed by atoms with Gasteiger partial charge in [-0.15, -0.1) is 0 Å². The second-order valence-corrected chi connectivity index (χ2v) is 7.92. The smallest absolute Gasteiger partial charge is 0.328 e. The Morgan fingerprint density at radius 1 is 1.29 bits per heavy atom. The molecule has 8 nitrogen and oxygen atoms in total. The number of esters is 1. The van der Waals surface area contributed by atoms with Crippen molar-refractivity contribution >= 4 is 23.0 Å². The molecule has 2 amide bonds. The summed E-state index contributed by atoms with van der Waals surface area (Å²) in [6.07, 6.45) is 4.42. The Labute approximate surface area is 165 Å². The van der Waals surface area contributed by atoms with E-state index in [9.17, 15) is 9.59 Å². The highest BCUT2D eigenvalue weighted by atomic mass is 16.5. The number of amides is 2. The summed E-state index contributed by atoms with van der Waals surface area (Å²) in [5.41, 5.74) is 1.94. The van der Waals surface area contributed by atoms with Gasteiger partial charge >= 0.3 is 12.0 Å². The summed E-state index contributed by atoms with van der Waals surface area (Å²) >= 11 is 0. The van der Waals surface area contributed by atoms with Gasteiger partial charge in [-0.25, -0.2) is 14.6 Å². The van der Waals surface area contributed by atoms with Gasteiger partial charge in [0.1, 0.15) is 11.9 Å². The lowest BCUT2D eigenvalue weighted by Gasteiger charge is -2.24. The van der Waals surface area contributed by atoms with Crippen LogP contribution in [-0.2, 0) is 9.53 Å². The fourth-order valence-electron chi connectivity index (χ4n) is 3.79. The normalized spacial score (nSPS) is 18.1. The van der Waals surface area contributed by atoms with Crippen LogP contribution in [0.2, 0.25) is 0 Å². The Balaban J connectivity index is 1.77. The molecule has 3 rings (SSSR count). The number of hydrogen-bond acceptors (Lipinski definition) is 5. The summed E-state index contributed by atoms with van der Waals surface area (Å²) in [5.74, 6) is 0.665. The molecular weight excluding hydrogens is 358 g/mol. The Bertz CT molecular complexity index is 861. The van der Waals surface area contributed by atoms with Crippen LogP contribution in [0, 0.1) is 5.92 Å². The van der Waals surface area contributed by atoms with E-state index in [0.717, 1.165) is 23.3 Å². The van der Waals surface area contributed by atoms with Crippen LogP contribution in [0.3, 0.4) is 0 Å². The summed E-state index contributed by atoms with van der Waals surface area (Å²) in [6, 6.07) is 1.28. The van der Waals surface area contributed by atoms with E-state index >= 15 is 0 Å². The highest BCUT2D eigenvalue weighted by Crippen LogP contribution is 2.31. The van der Waals surface area contributed by atoms with Crippen molar-refractivity contribution in [2.24, 2.45) is 5.92 Å². The molecular formula is C20H29N5O3. The van der Waals surface area contributed by atoms with E-state index in [2.05, 4.69) is 28.7 Å². The minimum Gasteiger partial charge on any atom is -0.467 e. The third kappa shape index (κ3) is 3.81. The van der Waals surface area contributed by atoms with Crippen molar-refractivity contribution in [1.29, 1.82) is 0 Å². The van der Waals surface area contributed by atoms with Crippen LogP contribution < -0.4 is 5.32 Å². The fraction of sp³-hybridized carbons (Fsp3) is 0.600. The molecule has 8 heteroatoms. The number of imidazole rings is 1. The quantitative estimate of drug-likeness (QED) is 0.797. The number of rotatable bonds is 5. The molecule has 2 atom stereocenters. The second-order valence-electron chi connectivity index (χ2n) is 7.92. The van der Waals surface area contributed by atoms with Crippen molar-refractivity contribution in [2.45, 2.75) is 52.1 Å². The van der Waals surface area contributed by atoms with Crippen molar-refractivity contribution in [3.8, 4) is 0 Å². The minimum absolute atomic E-state index is 0.0487. The number of urea groups is 1. The van der Waals surface area contributed by atoms with Crippen LogP contribution in [0.15, 0.2) is 18.5 Å². The van der Waals surface area contributed by atoms with Gasteiger partial charge in [-0.1, -0.05) is 13.8 Å². The zero-order valence-electron chi connectivity index (χ0n) is 17.2. The molecule has 1 aliphatic heterocycles. The molecule has 2 aromatic heterocycles. The van der Waals surface area contributed by atoms with E-state index in [0.29, 0.717) is 13.1 Å². The average molecular weight is 387 g/mol. The maximum Gasteiger partial charge on any atom is 0.328 e. The standard InChI is InChI=1S/C20H29N5O3/c1-12(2)17(19(26)28-5)23-20(27)24-9-7-14(11-24)18-22-15-6-8-21-10-16(15)25(18)13(3)4/h6,8,10,12-14,17H,7,9,11H2,1-5H3,(H,23,27). The van der Waals surface area contributed by atoms with Crippen molar-refractivity contribution < 1.29 is 14.3 Å². The van der Waals surface area contributed by atoms with Crippen LogP contribution in [0.25, 0.3) is 11.0 Å². The molecule has 1 aliphatic rings. The maximum absolute atomic E-state index is 12.7. The molecule has 0 spiro atoms. The van der Waals surface area contributed by atoms with Crippen molar-refractivity contribution in [1.82, 2.24) is 24.8 Å². The van der Waals surface area contributed by atoms with Crippen LogP contribution in [-0.4, -0.2) is 57.7 Å². The zero-order chi connectivity index (χ0) is 20.4. The topological polar surface area (TPSA) is 89.3 Å². The van der Waals surface area contributed by atoms with Crippen LogP contribution >= 0.6 is 0 Å². The number of likely N-dealkylation sites (tertiary alicyclic amines) is 1. The molecule has 1 saturated heterocycles. The molecule has 152 valence electrons. The molecule has 1 N–H and O–H groups in total. The van der Waals surface area contributed by atoms with Gasteiger partial charge in [0.15, 0.2) is 0 Å². The first-order valence-electron chi connectivity index (χ1n) is 9.78. The van der Waals surface area contributed by atoms with Gasteiger partial charge in [-0.2, -0.15) is 0 Å². The predicted molar refractivity (Wildman–Crippen MR) is 106 cm³/mol. The molecule has 0 radical (unpaired) electrons. The third-order valence-corrected chi connectivity index (χ3v) is 5.28. The van der Waals surface area contributed by atoms with E-state index in [1.165, 1.54) is 7.11 Å². The number of nitrogens with zero attached hydrogens (tertiary/aromatic N) is 4. The van der Waals surface area contributed by atoms with Gasteiger partial charge < -0.3 is 19.5 Å². The minimum atomic E-state index is -0.650. The number of aromatic nitrogens is 3. The third-order valence-electron chi connectivity index (χ3n) is 5.28. The maximum atomic E-state index is 12.7. The lowest BCUT2D eigenvalue weighted by molar-refractivity contribution is -0.144. The molecule has 0 aromatic carbocycles. The number of carbonyl (C=O) groups excluding carboxylic acids is 2. The van der Waals surface area contributed by atoms with Crippen LogP contribution in [0.4, 0.5) is 4.79 Å². The molecule has 0 saturated carbocycles. The number of hydrogen-bond donors (Lipinski definition) is 1. The first kappa shape index (κ1) is 20.1. The SMILES string of the molecule is COC(=O)C(NC(=O)N1CCC(c2nc3ccncc3n2C(C)C)C1)C(C)C. The van der Waals surface area contributed by atoms with Crippen molar-refractivity contribution in [3.05, 3.63) is 24.3 Å². The van der Waals surface area contributed by atoms with Gasteiger partial charge in [0.25, 0.3) is 0 Å². The number of methoxy groups -OCH3 is 1. The van der Waals surface area contributed by atoms with Gasteiger partial charge in [0, 0.05) is 31.2 Å². The van der Waals surface area contributed by atoms with Crippen LogP contribution in [0.5, 0.6) is 0 Å². The van der Waals surface area contributed by atoms with E-state index in [1.807, 2.05) is 26.1 Å². The lowest BCUT2D eigenvalue weighted by atomic mass is 10.1. The van der Waals surface area contributed by atoms with E-state index in [-0.39, 0.29) is 23.9 Å². The zero-order valence-corrected chi connectivity index (χ0v) is 17.2. The number of carbonyl (C=O) groups is 2. The average Bonchev–Trinajstić information content (AvgIpc) is 3.29. The molecule has 28 heavy (non-hydrogen) atoms.